The van der Waals surface area contributed by atoms with Crippen LogP contribution in [0.25, 0.3) is 0 Å². The summed E-state index contributed by atoms with van der Waals surface area (Å²) in [5.74, 6) is -2.48. The minimum Gasteiger partial charge on any atom is -0.461 e. The maximum Gasteiger partial charge on any atom is 0.311 e. The molecular formula is C29H37ClN2O5S. The van der Waals surface area contributed by atoms with E-state index >= 15 is 0 Å². The lowest BCUT2D eigenvalue weighted by Gasteiger charge is -2.41. The van der Waals surface area contributed by atoms with Crippen molar-refractivity contribution in [3.05, 3.63) is 54.6 Å². The second kappa shape index (κ2) is 11.1. The summed E-state index contributed by atoms with van der Waals surface area (Å²) >= 11 is 8.10. The van der Waals surface area contributed by atoms with E-state index < -0.39 is 39.4 Å². The quantitative estimate of drug-likeness (QED) is 0.317. The normalized spacial score (nSPS) is 31.0. The highest BCUT2D eigenvalue weighted by Crippen LogP contribution is 2.72. The van der Waals surface area contributed by atoms with Crippen molar-refractivity contribution in [2.75, 3.05) is 24.7 Å². The molecule has 7 atom stereocenters. The largest absolute Gasteiger partial charge is 0.461 e. The van der Waals surface area contributed by atoms with Gasteiger partial charge in [-0.05, 0) is 37.8 Å². The van der Waals surface area contributed by atoms with Crippen molar-refractivity contribution in [3.8, 4) is 0 Å². The number of para-hydroxylation sites is 1. The van der Waals surface area contributed by atoms with Gasteiger partial charge in [0.1, 0.15) is 12.6 Å². The van der Waals surface area contributed by atoms with Crippen LogP contribution in [0.5, 0.6) is 0 Å². The van der Waals surface area contributed by atoms with Crippen LogP contribution in [0.3, 0.4) is 0 Å². The zero-order valence-corrected chi connectivity index (χ0v) is 23.8. The minimum atomic E-state index is -0.883. The maximum atomic E-state index is 14.7. The number of ether oxygens (including phenoxy) is 1. The molecular weight excluding hydrogens is 524 g/mol. The van der Waals surface area contributed by atoms with Crippen LogP contribution in [0.2, 0.25) is 5.02 Å². The van der Waals surface area contributed by atoms with Gasteiger partial charge in [-0.2, -0.15) is 0 Å². The number of likely N-dealkylation sites (tertiary alicyclic amines) is 1. The predicted octanol–water partition coefficient (Wildman–Crippen LogP) is 4.48. The number of hydrogen-bond donors (Lipinski definition) is 1. The van der Waals surface area contributed by atoms with Gasteiger partial charge in [-0.15, -0.1) is 18.3 Å². The molecule has 0 aliphatic carbocycles. The van der Waals surface area contributed by atoms with Gasteiger partial charge in [0.25, 0.3) is 5.91 Å². The third-order valence-corrected chi connectivity index (χ3v) is 10.9. The van der Waals surface area contributed by atoms with Crippen molar-refractivity contribution in [1.29, 1.82) is 0 Å². The van der Waals surface area contributed by atoms with Crippen LogP contribution in [0.4, 0.5) is 5.69 Å². The summed E-state index contributed by atoms with van der Waals surface area (Å²) in [6, 6.07) is 5.64. The Balaban J connectivity index is 1.87. The summed E-state index contributed by atoms with van der Waals surface area (Å²) in [6.07, 6.45) is 5.13. The molecule has 206 valence electrons. The van der Waals surface area contributed by atoms with Crippen LogP contribution < -0.4 is 4.90 Å². The molecule has 38 heavy (non-hydrogen) atoms. The molecule has 2 unspecified atom stereocenters. The molecule has 2 amide bonds. The van der Waals surface area contributed by atoms with Crippen LogP contribution in [-0.4, -0.2) is 69.1 Å². The first-order valence-electron chi connectivity index (χ1n) is 13.2. The molecule has 3 fully saturated rings. The first-order chi connectivity index (χ1) is 18.1. The van der Waals surface area contributed by atoms with E-state index in [9.17, 15) is 19.5 Å². The molecule has 4 rings (SSSR count). The lowest BCUT2D eigenvalue weighted by Crippen LogP contribution is -2.58. The summed E-state index contributed by atoms with van der Waals surface area (Å²) in [4.78, 5) is 45.6. The summed E-state index contributed by atoms with van der Waals surface area (Å²) < 4.78 is 4.12. The average Bonchev–Trinajstić information content (AvgIpc) is 3.47. The van der Waals surface area contributed by atoms with E-state index in [-0.39, 0.29) is 37.5 Å². The van der Waals surface area contributed by atoms with Crippen LogP contribution in [0, 0.1) is 17.8 Å². The number of halogens is 1. The minimum absolute atomic E-state index is 0.0574. The number of fused-ring (bicyclic) bond motifs is 1. The van der Waals surface area contributed by atoms with Gasteiger partial charge in [-0.1, -0.05) is 62.7 Å². The molecule has 2 bridgehead atoms. The fourth-order valence-corrected chi connectivity index (χ4v) is 9.22. The average molecular weight is 561 g/mol. The molecule has 0 radical (unpaired) electrons. The number of esters is 1. The fourth-order valence-electron chi connectivity index (χ4n) is 6.66. The van der Waals surface area contributed by atoms with Crippen LogP contribution in [-0.2, 0) is 19.1 Å². The van der Waals surface area contributed by atoms with Crippen LogP contribution in [0.15, 0.2) is 49.6 Å². The Hall–Kier alpha value is -2.29. The van der Waals surface area contributed by atoms with Crippen molar-refractivity contribution < 1.29 is 24.2 Å². The van der Waals surface area contributed by atoms with E-state index in [1.54, 1.807) is 45.8 Å². The summed E-state index contributed by atoms with van der Waals surface area (Å²) in [5.41, 5.74) is 0.529. The number of amides is 2. The smallest absolute Gasteiger partial charge is 0.311 e. The van der Waals surface area contributed by atoms with Gasteiger partial charge >= 0.3 is 5.97 Å². The van der Waals surface area contributed by atoms with Gasteiger partial charge in [0, 0.05) is 11.3 Å². The van der Waals surface area contributed by atoms with E-state index in [1.807, 2.05) is 26.8 Å². The number of benzene rings is 1. The van der Waals surface area contributed by atoms with E-state index in [0.29, 0.717) is 30.0 Å². The van der Waals surface area contributed by atoms with E-state index in [0.717, 1.165) is 0 Å². The van der Waals surface area contributed by atoms with Gasteiger partial charge in [-0.3, -0.25) is 14.4 Å². The number of hydrogen-bond acceptors (Lipinski definition) is 6. The fraction of sp³-hybridized carbons (Fsp3) is 0.552. The molecule has 0 aromatic heterocycles. The molecule has 3 saturated heterocycles. The second-order valence-corrected chi connectivity index (χ2v) is 13.0. The van der Waals surface area contributed by atoms with Crippen LogP contribution in [0.1, 0.15) is 40.0 Å². The topological polar surface area (TPSA) is 87.1 Å². The van der Waals surface area contributed by atoms with Gasteiger partial charge in [-0.25, -0.2) is 0 Å². The van der Waals surface area contributed by atoms with Gasteiger partial charge in [0.15, 0.2) is 0 Å². The maximum absolute atomic E-state index is 14.7. The lowest BCUT2D eigenvalue weighted by atomic mass is 9.66. The number of carbonyl (C=O) groups is 3. The molecule has 3 aliphatic heterocycles. The Morgan fingerprint density at radius 1 is 1.32 bits per heavy atom. The third-order valence-electron chi connectivity index (χ3n) is 8.61. The Kier molecular flexibility index (Phi) is 8.36. The van der Waals surface area contributed by atoms with Crippen molar-refractivity contribution >= 4 is 46.8 Å². The number of thioether (sulfide) groups is 1. The molecule has 3 heterocycles. The highest BCUT2D eigenvalue weighted by atomic mass is 35.5. The Labute approximate surface area is 234 Å². The highest BCUT2D eigenvalue weighted by molar-refractivity contribution is 8.02. The van der Waals surface area contributed by atoms with Crippen molar-refractivity contribution in [2.45, 2.75) is 61.6 Å². The first kappa shape index (κ1) is 28.7. The molecule has 1 spiro atoms. The number of anilines is 1. The van der Waals surface area contributed by atoms with Crippen molar-refractivity contribution in [3.63, 3.8) is 0 Å². The zero-order chi connectivity index (χ0) is 27.8. The van der Waals surface area contributed by atoms with Crippen LogP contribution >= 0.6 is 23.4 Å². The molecule has 7 nitrogen and oxygen atoms in total. The number of aliphatic hydroxyl groups is 1. The van der Waals surface area contributed by atoms with Gasteiger partial charge < -0.3 is 19.6 Å². The molecule has 1 aromatic rings. The zero-order valence-electron chi connectivity index (χ0n) is 22.3. The first-order valence-corrected chi connectivity index (χ1v) is 14.4. The third kappa shape index (κ3) is 4.38. The lowest BCUT2D eigenvalue weighted by molar-refractivity contribution is -0.155. The Bertz CT molecular complexity index is 1130. The van der Waals surface area contributed by atoms with E-state index in [4.69, 9.17) is 16.3 Å². The summed E-state index contributed by atoms with van der Waals surface area (Å²) in [5, 5.41) is 10.9. The SMILES string of the molecule is C=CCOC(=O)[C@H]1[C@H]2C(=O)N([C@@H](CO)[C@@H](C)CC)C(C(=O)N(CC=C)c3ccccc3Cl)C23CC[C@]1(C)S3. The van der Waals surface area contributed by atoms with E-state index in [2.05, 4.69) is 13.2 Å². The number of carbonyl (C=O) groups excluding carboxylic acids is 3. The summed E-state index contributed by atoms with van der Waals surface area (Å²) in [6.45, 7) is 13.4. The molecule has 3 aliphatic rings. The molecule has 1 aromatic carbocycles. The predicted molar refractivity (Wildman–Crippen MR) is 151 cm³/mol. The standard InChI is InChI=1S/C29H37ClN2O5S/c1-6-15-31(20-12-10-9-11-19(20)30)26(35)24-29-14-13-28(5,38-29)23(27(36)37-16-7-2)22(29)25(34)32(24)21(17-33)18(4)8-3/h6-7,9-12,18,21-24,33H,1-2,8,13-17H2,3-5H3/t18-,21-,22-,23+,24?,28-,29?/m0/s1. The van der Waals surface area contributed by atoms with E-state index in [1.165, 1.54) is 6.08 Å². The summed E-state index contributed by atoms with van der Waals surface area (Å²) in [7, 11) is 0. The highest BCUT2D eigenvalue weighted by Gasteiger charge is 2.78. The molecule has 1 N–H and O–H groups in total. The number of nitrogens with zero attached hydrogens (tertiary/aromatic N) is 2. The Morgan fingerprint density at radius 3 is 2.63 bits per heavy atom. The second-order valence-electron chi connectivity index (χ2n) is 10.7. The monoisotopic (exact) mass is 560 g/mol. The van der Waals surface area contributed by atoms with Gasteiger partial charge in [0.2, 0.25) is 5.91 Å². The van der Waals surface area contributed by atoms with Gasteiger partial charge in [0.05, 0.1) is 39.9 Å². The van der Waals surface area contributed by atoms with Crippen molar-refractivity contribution in [2.24, 2.45) is 17.8 Å². The molecule has 0 saturated carbocycles. The number of rotatable bonds is 11. The number of aliphatic hydroxyl groups excluding tert-OH is 1. The van der Waals surface area contributed by atoms with Crippen molar-refractivity contribution in [1.82, 2.24) is 4.90 Å². The molecule has 9 heteroatoms. The Morgan fingerprint density at radius 2 is 2.03 bits per heavy atom.